The molecule has 0 bridgehead atoms. The predicted octanol–water partition coefficient (Wildman–Crippen LogP) is -1.09. The normalized spacial score (nSPS) is 27.9. The van der Waals surface area contributed by atoms with Crippen molar-refractivity contribution >= 4 is 32.6 Å². The van der Waals surface area contributed by atoms with Gasteiger partial charge in [0.15, 0.2) is 17.7 Å². The van der Waals surface area contributed by atoms with Crippen LogP contribution in [0.15, 0.2) is 12.7 Å². The molecule has 0 saturated carbocycles. The molecule has 1 unspecified atom stereocenters. The van der Waals surface area contributed by atoms with E-state index in [1.807, 2.05) is 0 Å². The monoisotopic (exact) mass is 441 g/mol. The van der Waals surface area contributed by atoms with Crippen LogP contribution in [0.25, 0.3) is 11.2 Å². The number of aromatic nitrogens is 4. The zero-order valence-corrected chi connectivity index (χ0v) is 16.0. The number of rotatable bonds is 7. The molecule has 2 aromatic rings. The molecular formula is C11H17N5O10P2. The highest BCUT2D eigenvalue weighted by Crippen LogP contribution is 2.57. The van der Waals surface area contributed by atoms with E-state index >= 15 is 0 Å². The molecule has 3 heterocycles. The quantitative estimate of drug-likeness (QED) is 0.322. The van der Waals surface area contributed by atoms with Gasteiger partial charge in [-0.15, -0.1) is 0 Å². The molecule has 1 saturated heterocycles. The third-order valence-corrected chi connectivity index (χ3v) is 6.01. The van der Waals surface area contributed by atoms with E-state index in [1.54, 1.807) is 0 Å². The molecule has 28 heavy (non-hydrogen) atoms. The molecule has 1 aliphatic heterocycles. The number of fused-ring (bicyclic) bond motifs is 1. The van der Waals surface area contributed by atoms with Gasteiger partial charge in [-0.05, 0) is 0 Å². The first kappa shape index (κ1) is 21.2. The van der Waals surface area contributed by atoms with Gasteiger partial charge in [-0.3, -0.25) is 9.09 Å². The summed E-state index contributed by atoms with van der Waals surface area (Å²) >= 11 is 0. The number of nitrogen functional groups attached to an aromatic ring is 1. The topological polar surface area (TPSA) is 222 Å². The minimum atomic E-state index is -5.26. The van der Waals surface area contributed by atoms with E-state index in [2.05, 4.69) is 23.8 Å². The lowest BCUT2D eigenvalue weighted by atomic mass is 10.1. The molecule has 17 heteroatoms. The van der Waals surface area contributed by atoms with Crippen molar-refractivity contribution in [3.8, 4) is 0 Å². The fourth-order valence-electron chi connectivity index (χ4n) is 2.76. The van der Waals surface area contributed by atoms with Crippen molar-refractivity contribution < 1.29 is 47.2 Å². The molecule has 0 radical (unpaired) electrons. The molecule has 0 spiro atoms. The molecular weight excluding hydrogens is 424 g/mol. The highest BCUT2D eigenvalue weighted by atomic mass is 31.3. The molecule has 1 fully saturated rings. The number of nitrogens with two attached hydrogens (primary N) is 1. The molecule has 6 N–H and O–H groups in total. The van der Waals surface area contributed by atoms with Gasteiger partial charge in [0.2, 0.25) is 0 Å². The van der Waals surface area contributed by atoms with Crippen molar-refractivity contribution in [2.75, 3.05) is 19.5 Å². The third kappa shape index (κ3) is 4.39. The number of imidazole rings is 1. The highest BCUT2D eigenvalue weighted by Gasteiger charge is 2.47. The van der Waals surface area contributed by atoms with Crippen LogP contribution >= 0.6 is 15.6 Å². The molecule has 1 aliphatic rings. The molecule has 2 aromatic heterocycles. The van der Waals surface area contributed by atoms with Crippen molar-refractivity contribution in [2.45, 2.75) is 24.5 Å². The van der Waals surface area contributed by atoms with Gasteiger partial charge in [0.05, 0.1) is 12.9 Å². The third-order valence-electron chi connectivity index (χ3n) is 3.85. The number of anilines is 1. The SMILES string of the molecule is CO[C@H]1[C@@H](O)[C@H](n2cnc3c(N)ncnc32)O[C@@H]1COP(=O)(O)OP(=O)(O)O. The van der Waals surface area contributed by atoms with Gasteiger partial charge in [0.1, 0.15) is 30.2 Å². The Hall–Kier alpha value is -1.51. The summed E-state index contributed by atoms with van der Waals surface area (Å²) in [6.45, 7) is -0.677. The second-order valence-corrected chi connectivity index (χ2v) is 8.51. The van der Waals surface area contributed by atoms with Gasteiger partial charge in [0, 0.05) is 7.11 Å². The van der Waals surface area contributed by atoms with Crippen molar-refractivity contribution in [2.24, 2.45) is 0 Å². The van der Waals surface area contributed by atoms with Gasteiger partial charge < -0.3 is 35.0 Å². The van der Waals surface area contributed by atoms with Gasteiger partial charge in [-0.2, -0.15) is 4.31 Å². The van der Waals surface area contributed by atoms with Crippen LogP contribution in [0, 0.1) is 0 Å². The Balaban J connectivity index is 1.79. The lowest BCUT2D eigenvalue weighted by Crippen LogP contribution is -2.35. The minimum Gasteiger partial charge on any atom is -0.386 e. The maximum Gasteiger partial charge on any atom is 0.481 e. The summed E-state index contributed by atoms with van der Waals surface area (Å²) in [5, 5.41) is 10.5. The number of hydrogen-bond donors (Lipinski definition) is 5. The van der Waals surface area contributed by atoms with Crippen molar-refractivity contribution in [1.82, 2.24) is 19.5 Å². The van der Waals surface area contributed by atoms with Crippen LogP contribution in [0.4, 0.5) is 5.82 Å². The minimum absolute atomic E-state index is 0.121. The Bertz CT molecular complexity index is 949. The first-order valence-corrected chi connectivity index (χ1v) is 10.6. The van der Waals surface area contributed by atoms with Crippen molar-refractivity contribution in [3.63, 3.8) is 0 Å². The first-order valence-electron chi connectivity index (χ1n) is 7.56. The molecule has 0 aromatic carbocycles. The molecule has 156 valence electrons. The van der Waals surface area contributed by atoms with E-state index < -0.39 is 46.8 Å². The molecule has 0 aliphatic carbocycles. The van der Waals surface area contributed by atoms with Crippen molar-refractivity contribution in [3.05, 3.63) is 12.7 Å². The average Bonchev–Trinajstić information content (AvgIpc) is 3.12. The zero-order chi connectivity index (χ0) is 20.7. The average molecular weight is 441 g/mol. The predicted molar refractivity (Wildman–Crippen MR) is 89.4 cm³/mol. The van der Waals surface area contributed by atoms with Crippen LogP contribution in [-0.4, -0.2) is 71.3 Å². The van der Waals surface area contributed by atoms with Crippen LogP contribution in [0.5, 0.6) is 0 Å². The van der Waals surface area contributed by atoms with Crippen LogP contribution < -0.4 is 5.73 Å². The Morgan fingerprint density at radius 2 is 2.00 bits per heavy atom. The summed E-state index contributed by atoms with van der Waals surface area (Å²) in [7, 11) is -9.08. The van der Waals surface area contributed by atoms with E-state index in [9.17, 15) is 19.1 Å². The van der Waals surface area contributed by atoms with Crippen molar-refractivity contribution in [1.29, 1.82) is 0 Å². The van der Waals surface area contributed by atoms with E-state index in [0.29, 0.717) is 0 Å². The first-order chi connectivity index (χ1) is 13.0. The number of aliphatic hydroxyl groups is 1. The van der Waals surface area contributed by atoms with Gasteiger partial charge >= 0.3 is 15.6 Å². The van der Waals surface area contributed by atoms with E-state index in [1.165, 1.54) is 24.3 Å². The summed E-state index contributed by atoms with van der Waals surface area (Å²) in [4.78, 5) is 38.5. The summed E-state index contributed by atoms with van der Waals surface area (Å²) in [5.74, 6) is 0.121. The number of ether oxygens (including phenoxy) is 2. The van der Waals surface area contributed by atoms with E-state index in [4.69, 9.17) is 25.0 Å². The standard InChI is InChI=1S/C11H17N5O10P2/c1-23-8-5(2-24-28(21,22)26-27(18,19)20)25-11(7(8)17)16-4-15-6-9(12)13-3-14-10(6)16/h3-5,7-8,11,17H,2H2,1H3,(H,21,22)(H2,12,13,14)(H2,18,19,20)/t5-,7-,8-,11-/m1/s1. The zero-order valence-electron chi connectivity index (χ0n) is 14.2. The highest BCUT2D eigenvalue weighted by molar-refractivity contribution is 7.60. The fourth-order valence-corrected chi connectivity index (χ4v) is 4.36. The van der Waals surface area contributed by atoms with Crippen LogP contribution in [0.1, 0.15) is 6.23 Å². The molecule has 0 amide bonds. The number of nitrogens with zero attached hydrogens (tertiary/aromatic N) is 4. The lowest BCUT2D eigenvalue weighted by molar-refractivity contribution is -0.0526. The smallest absolute Gasteiger partial charge is 0.386 e. The van der Waals surface area contributed by atoms with Gasteiger partial charge in [0.25, 0.3) is 0 Å². The Morgan fingerprint density at radius 3 is 2.64 bits per heavy atom. The van der Waals surface area contributed by atoms with E-state index in [-0.39, 0.29) is 17.0 Å². The number of phosphoric ester groups is 1. The Kier molecular flexibility index (Phi) is 5.85. The number of hydrogen-bond acceptors (Lipinski definition) is 11. The van der Waals surface area contributed by atoms with Crippen LogP contribution in [0.3, 0.4) is 0 Å². The van der Waals surface area contributed by atoms with Crippen LogP contribution in [-0.2, 0) is 27.4 Å². The maximum absolute atomic E-state index is 11.6. The Morgan fingerprint density at radius 1 is 1.29 bits per heavy atom. The Labute approximate surface area is 156 Å². The molecule has 3 rings (SSSR count). The fraction of sp³-hybridized carbons (Fsp3) is 0.545. The second-order valence-electron chi connectivity index (χ2n) is 5.68. The second kappa shape index (κ2) is 7.72. The van der Waals surface area contributed by atoms with Gasteiger partial charge in [-0.1, -0.05) is 0 Å². The largest absolute Gasteiger partial charge is 0.481 e. The molecule has 15 nitrogen and oxygen atoms in total. The number of phosphoric acid groups is 2. The lowest BCUT2D eigenvalue weighted by Gasteiger charge is -2.19. The summed E-state index contributed by atoms with van der Waals surface area (Å²) < 4.78 is 42.7. The van der Waals surface area contributed by atoms with E-state index in [0.717, 1.165) is 0 Å². The summed E-state index contributed by atoms with van der Waals surface area (Å²) in [5.41, 5.74) is 6.27. The maximum atomic E-state index is 11.6. The summed E-state index contributed by atoms with van der Waals surface area (Å²) in [6, 6.07) is 0. The van der Waals surface area contributed by atoms with Gasteiger partial charge in [-0.25, -0.2) is 24.1 Å². The summed E-state index contributed by atoms with van der Waals surface area (Å²) in [6.07, 6.45) is -1.94. The molecule has 5 atom stereocenters. The number of methoxy groups -OCH3 is 1. The number of aliphatic hydroxyl groups excluding tert-OH is 1. The van der Waals surface area contributed by atoms with Crippen LogP contribution in [0.2, 0.25) is 0 Å².